The lowest BCUT2D eigenvalue weighted by Gasteiger charge is -2.18. The van der Waals surface area contributed by atoms with E-state index in [9.17, 15) is 0 Å². The molecular formula is C14H21N3S. The van der Waals surface area contributed by atoms with Crippen LogP contribution in [0.4, 0.5) is 0 Å². The number of nitrogens with two attached hydrogens (primary N) is 1. The second kappa shape index (κ2) is 5.76. The van der Waals surface area contributed by atoms with Gasteiger partial charge in [0.1, 0.15) is 5.82 Å². The minimum absolute atomic E-state index is 0.174. The summed E-state index contributed by atoms with van der Waals surface area (Å²) < 4.78 is 2.15. The molecule has 0 fully saturated rings. The van der Waals surface area contributed by atoms with Crippen molar-refractivity contribution in [1.29, 1.82) is 0 Å². The van der Waals surface area contributed by atoms with Crippen LogP contribution in [-0.4, -0.2) is 27.6 Å². The van der Waals surface area contributed by atoms with Gasteiger partial charge in [-0.3, -0.25) is 0 Å². The van der Waals surface area contributed by atoms with Crippen molar-refractivity contribution in [3.05, 3.63) is 30.1 Å². The third-order valence-electron chi connectivity index (χ3n) is 3.46. The molecule has 0 amide bonds. The second-order valence-electron chi connectivity index (χ2n) is 4.88. The van der Waals surface area contributed by atoms with E-state index in [2.05, 4.69) is 41.9 Å². The minimum atomic E-state index is 0.174. The van der Waals surface area contributed by atoms with E-state index in [4.69, 9.17) is 5.73 Å². The van der Waals surface area contributed by atoms with Crippen molar-refractivity contribution in [2.75, 3.05) is 12.0 Å². The Morgan fingerprint density at radius 1 is 1.39 bits per heavy atom. The Morgan fingerprint density at radius 3 is 2.78 bits per heavy atom. The lowest BCUT2D eigenvalue weighted by Crippen LogP contribution is -2.32. The van der Waals surface area contributed by atoms with Gasteiger partial charge in [0.25, 0.3) is 0 Å². The zero-order chi connectivity index (χ0) is 13.1. The maximum absolute atomic E-state index is 6.26. The van der Waals surface area contributed by atoms with Crippen LogP contribution in [0.15, 0.2) is 24.3 Å². The van der Waals surface area contributed by atoms with Crippen molar-refractivity contribution in [2.24, 2.45) is 18.7 Å². The summed E-state index contributed by atoms with van der Waals surface area (Å²) in [4.78, 5) is 4.67. The molecule has 4 heteroatoms. The van der Waals surface area contributed by atoms with E-state index in [-0.39, 0.29) is 6.04 Å². The lowest BCUT2D eigenvalue weighted by molar-refractivity contribution is 0.484. The predicted octanol–water partition coefficient (Wildman–Crippen LogP) is 2.44. The van der Waals surface area contributed by atoms with E-state index in [1.54, 1.807) is 0 Å². The van der Waals surface area contributed by atoms with Gasteiger partial charge in [-0.25, -0.2) is 4.98 Å². The van der Waals surface area contributed by atoms with Crippen molar-refractivity contribution in [2.45, 2.75) is 19.4 Å². The number of hydrogen-bond donors (Lipinski definition) is 1. The first-order valence-corrected chi connectivity index (χ1v) is 7.67. The van der Waals surface area contributed by atoms with Gasteiger partial charge in [0.2, 0.25) is 0 Å². The predicted molar refractivity (Wildman–Crippen MR) is 79.9 cm³/mol. The molecule has 0 saturated carbocycles. The summed E-state index contributed by atoms with van der Waals surface area (Å²) in [6.07, 6.45) is 2.96. The van der Waals surface area contributed by atoms with Gasteiger partial charge < -0.3 is 10.3 Å². The summed E-state index contributed by atoms with van der Waals surface area (Å²) >= 11 is 1.85. The first kappa shape index (κ1) is 13.4. The molecule has 0 spiro atoms. The van der Waals surface area contributed by atoms with E-state index in [0.717, 1.165) is 23.5 Å². The first-order valence-electron chi connectivity index (χ1n) is 6.28. The number of nitrogens with zero attached hydrogens (tertiary/aromatic N) is 2. The van der Waals surface area contributed by atoms with Gasteiger partial charge in [0.15, 0.2) is 0 Å². The molecule has 3 nitrogen and oxygen atoms in total. The van der Waals surface area contributed by atoms with Crippen LogP contribution in [0.25, 0.3) is 11.0 Å². The largest absolute Gasteiger partial charge is 0.331 e. The molecule has 0 aliphatic heterocycles. The number of benzene rings is 1. The van der Waals surface area contributed by atoms with E-state index in [0.29, 0.717) is 5.92 Å². The standard InChI is InChI=1S/C14H21N3S/c1-10(9-18-3)11(15)8-14-16-12-6-4-5-7-13(12)17(14)2/h4-7,10-11H,8-9,15H2,1-3H3. The average molecular weight is 263 g/mol. The minimum Gasteiger partial charge on any atom is -0.331 e. The molecule has 2 N–H and O–H groups in total. The molecule has 1 aromatic heterocycles. The van der Waals surface area contributed by atoms with Crippen LogP contribution in [0, 0.1) is 5.92 Å². The Hall–Kier alpha value is -1.00. The van der Waals surface area contributed by atoms with Crippen molar-refractivity contribution in [3.8, 4) is 0 Å². The highest BCUT2D eigenvalue weighted by atomic mass is 32.2. The Kier molecular flexibility index (Phi) is 4.30. The van der Waals surface area contributed by atoms with Gasteiger partial charge in [-0.05, 0) is 30.1 Å². The first-order chi connectivity index (χ1) is 8.63. The molecule has 98 valence electrons. The molecule has 0 bridgehead atoms. The summed E-state index contributed by atoms with van der Waals surface area (Å²) in [6.45, 7) is 2.21. The number of hydrogen-bond acceptors (Lipinski definition) is 3. The van der Waals surface area contributed by atoms with Gasteiger partial charge in [-0.2, -0.15) is 11.8 Å². The fraction of sp³-hybridized carbons (Fsp3) is 0.500. The molecule has 0 aliphatic rings. The monoisotopic (exact) mass is 263 g/mol. The van der Waals surface area contributed by atoms with Gasteiger partial charge in [-0.1, -0.05) is 19.1 Å². The third-order valence-corrected chi connectivity index (χ3v) is 4.32. The fourth-order valence-corrected chi connectivity index (χ4v) is 2.95. The van der Waals surface area contributed by atoms with Crippen LogP contribution < -0.4 is 5.73 Å². The molecule has 2 rings (SSSR count). The number of rotatable bonds is 5. The van der Waals surface area contributed by atoms with Gasteiger partial charge >= 0.3 is 0 Å². The highest BCUT2D eigenvalue weighted by Gasteiger charge is 2.16. The molecular weight excluding hydrogens is 242 g/mol. The van der Waals surface area contributed by atoms with Gasteiger partial charge in [-0.15, -0.1) is 0 Å². The Balaban J connectivity index is 2.19. The quantitative estimate of drug-likeness (QED) is 0.901. The van der Waals surface area contributed by atoms with Crippen molar-refractivity contribution in [1.82, 2.24) is 9.55 Å². The summed E-state index contributed by atoms with van der Waals surface area (Å²) in [5, 5.41) is 0. The Morgan fingerprint density at radius 2 is 2.11 bits per heavy atom. The molecule has 2 atom stereocenters. The number of imidazole rings is 1. The maximum Gasteiger partial charge on any atom is 0.111 e. The Labute approximate surface area is 113 Å². The van der Waals surface area contributed by atoms with Crippen LogP contribution in [0.2, 0.25) is 0 Å². The summed E-state index contributed by atoms with van der Waals surface area (Å²) in [7, 11) is 2.07. The van der Waals surface area contributed by atoms with E-state index < -0.39 is 0 Å². The highest BCUT2D eigenvalue weighted by Crippen LogP contribution is 2.17. The number of aromatic nitrogens is 2. The van der Waals surface area contributed by atoms with Gasteiger partial charge in [0, 0.05) is 19.5 Å². The zero-order valence-electron chi connectivity index (χ0n) is 11.3. The average Bonchev–Trinajstić information content (AvgIpc) is 2.67. The molecule has 2 unspecified atom stereocenters. The van der Waals surface area contributed by atoms with Crippen molar-refractivity contribution in [3.63, 3.8) is 0 Å². The van der Waals surface area contributed by atoms with Crippen LogP contribution >= 0.6 is 11.8 Å². The lowest BCUT2D eigenvalue weighted by atomic mass is 10.0. The molecule has 0 radical (unpaired) electrons. The van der Waals surface area contributed by atoms with Crippen molar-refractivity contribution >= 4 is 22.8 Å². The maximum atomic E-state index is 6.26. The van der Waals surface area contributed by atoms with Crippen LogP contribution in [0.1, 0.15) is 12.7 Å². The summed E-state index contributed by atoms with van der Waals surface area (Å²) in [5.74, 6) is 2.70. The van der Waals surface area contributed by atoms with Gasteiger partial charge in [0.05, 0.1) is 11.0 Å². The number of aryl methyl sites for hydroxylation is 1. The third kappa shape index (κ3) is 2.70. The molecule has 1 aromatic carbocycles. The van der Waals surface area contributed by atoms with Crippen LogP contribution in [-0.2, 0) is 13.5 Å². The highest BCUT2D eigenvalue weighted by molar-refractivity contribution is 7.98. The molecule has 1 heterocycles. The molecule has 0 saturated heterocycles. The summed E-state index contributed by atoms with van der Waals surface area (Å²) in [5.41, 5.74) is 8.49. The smallest absolute Gasteiger partial charge is 0.111 e. The summed E-state index contributed by atoms with van der Waals surface area (Å²) in [6, 6.07) is 8.39. The fourth-order valence-electron chi connectivity index (χ4n) is 2.18. The molecule has 2 aromatic rings. The Bertz CT molecular complexity index is 521. The van der Waals surface area contributed by atoms with E-state index in [1.165, 1.54) is 5.52 Å². The van der Waals surface area contributed by atoms with E-state index in [1.807, 2.05) is 23.9 Å². The molecule has 0 aliphatic carbocycles. The normalized spacial score (nSPS) is 14.9. The van der Waals surface area contributed by atoms with Crippen LogP contribution in [0.3, 0.4) is 0 Å². The van der Waals surface area contributed by atoms with E-state index >= 15 is 0 Å². The second-order valence-corrected chi connectivity index (χ2v) is 5.79. The zero-order valence-corrected chi connectivity index (χ0v) is 12.1. The topological polar surface area (TPSA) is 43.8 Å². The van der Waals surface area contributed by atoms with Crippen molar-refractivity contribution < 1.29 is 0 Å². The van der Waals surface area contributed by atoms with Crippen LogP contribution in [0.5, 0.6) is 0 Å². The SMILES string of the molecule is CSCC(C)C(N)Cc1nc2ccccc2n1C. The molecule has 18 heavy (non-hydrogen) atoms. The number of thioether (sulfide) groups is 1. The number of fused-ring (bicyclic) bond motifs is 1. The number of para-hydroxylation sites is 2.